The molecule has 1 aromatic rings. The van der Waals surface area contributed by atoms with Gasteiger partial charge in [-0.25, -0.2) is 4.98 Å². The van der Waals surface area contributed by atoms with Crippen LogP contribution in [-0.4, -0.2) is 11.5 Å². The van der Waals surface area contributed by atoms with Gasteiger partial charge in [0.05, 0.1) is 11.2 Å². The van der Waals surface area contributed by atoms with E-state index in [1.807, 2.05) is 11.3 Å². The highest BCUT2D eigenvalue weighted by Crippen LogP contribution is 2.46. The molecule has 0 amide bonds. The summed E-state index contributed by atoms with van der Waals surface area (Å²) in [6.07, 6.45) is 6.48. The van der Waals surface area contributed by atoms with E-state index in [-0.39, 0.29) is 5.54 Å². The summed E-state index contributed by atoms with van der Waals surface area (Å²) in [7, 11) is 0. The summed E-state index contributed by atoms with van der Waals surface area (Å²) in [5.74, 6) is 1.95. The molecule has 2 nitrogen and oxygen atoms in total. The predicted octanol–water partition coefficient (Wildman–Crippen LogP) is 5.31. The zero-order valence-corrected chi connectivity index (χ0v) is 15.2. The lowest BCUT2D eigenvalue weighted by molar-refractivity contribution is 0.0998. The lowest BCUT2D eigenvalue weighted by Crippen LogP contribution is -2.52. The molecule has 1 saturated carbocycles. The van der Waals surface area contributed by atoms with Gasteiger partial charge in [-0.15, -0.1) is 11.3 Å². The van der Waals surface area contributed by atoms with Gasteiger partial charge in [-0.05, 0) is 43.6 Å². The van der Waals surface area contributed by atoms with Gasteiger partial charge in [-0.1, -0.05) is 47.5 Å². The van der Waals surface area contributed by atoms with Crippen LogP contribution in [0.15, 0.2) is 5.38 Å². The fourth-order valence-corrected chi connectivity index (χ4v) is 5.02. The van der Waals surface area contributed by atoms with Crippen LogP contribution in [-0.2, 0) is 5.54 Å². The Balaban J connectivity index is 2.38. The van der Waals surface area contributed by atoms with E-state index < -0.39 is 0 Å². The first-order valence-electron chi connectivity index (χ1n) is 8.72. The fourth-order valence-electron chi connectivity index (χ4n) is 3.77. The predicted molar refractivity (Wildman–Crippen MR) is 93.0 cm³/mol. The van der Waals surface area contributed by atoms with Crippen LogP contribution in [0.5, 0.6) is 0 Å². The maximum atomic E-state index is 5.05. The van der Waals surface area contributed by atoms with E-state index in [1.165, 1.54) is 42.8 Å². The number of hydrogen-bond donors (Lipinski definition) is 1. The first-order valence-corrected chi connectivity index (χ1v) is 9.60. The molecule has 2 rings (SSSR count). The Morgan fingerprint density at radius 3 is 2.67 bits per heavy atom. The number of aromatic nitrogens is 1. The molecule has 120 valence electrons. The van der Waals surface area contributed by atoms with Gasteiger partial charge in [-0.2, -0.15) is 0 Å². The smallest absolute Gasteiger partial charge is 0.113 e. The van der Waals surface area contributed by atoms with Crippen LogP contribution in [0.1, 0.15) is 83.3 Å². The van der Waals surface area contributed by atoms with Gasteiger partial charge in [-0.3, -0.25) is 0 Å². The van der Waals surface area contributed by atoms with Crippen LogP contribution in [0.3, 0.4) is 0 Å². The Morgan fingerprint density at radius 2 is 2.10 bits per heavy atom. The summed E-state index contributed by atoms with van der Waals surface area (Å²) in [6.45, 7) is 12.6. The molecule has 1 N–H and O–H groups in total. The third-order valence-corrected chi connectivity index (χ3v) is 6.00. The SMILES string of the molecule is CCCNC1(c2nc(C(C)C)cs2)CCCCC1C(C)C. The summed E-state index contributed by atoms with van der Waals surface area (Å²) >= 11 is 1.88. The first-order chi connectivity index (χ1) is 10.0. The van der Waals surface area contributed by atoms with E-state index in [0.29, 0.717) is 17.8 Å². The van der Waals surface area contributed by atoms with E-state index in [0.717, 1.165) is 6.54 Å². The molecule has 0 aliphatic heterocycles. The highest BCUT2D eigenvalue weighted by molar-refractivity contribution is 7.09. The van der Waals surface area contributed by atoms with Crippen LogP contribution < -0.4 is 5.32 Å². The molecule has 0 spiro atoms. The van der Waals surface area contributed by atoms with Gasteiger partial charge in [0.15, 0.2) is 0 Å². The Morgan fingerprint density at radius 1 is 1.33 bits per heavy atom. The zero-order chi connectivity index (χ0) is 15.5. The second-order valence-electron chi connectivity index (χ2n) is 7.23. The highest BCUT2D eigenvalue weighted by Gasteiger charge is 2.45. The number of nitrogens with one attached hydrogen (secondary N) is 1. The molecule has 2 unspecified atom stereocenters. The number of hydrogen-bond acceptors (Lipinski definition) is 3. The van der Waals surface area contributed by atoms with Crippen molar-refractivity contribution in [2.75, 3.05) is 6.54 Å². The average Bonchev–Trinajstić information content (AvgIpc) is 2.95. The van der Waals surface area contributed by atoms with Crippen molar-refractivity contribution in [1.82, 2.24) is 10.3 Å². The summed E-state index contributed by atoms with van der Waals surface area (Å²) in [4.78, 5) is 5.05. The Kier molecular flexibility index (Phi) is 5.84. The van der Waals surface area contributed by atoms with Crippen molar-refractivity contribution in [3.8, 4) is 0 Å². The minimum atomic E-state index is 0.125. The van der Waals surface area contributed by atoms with Crippen molar-refractivity contribution in [1.29, 1.82) is 0 Å². The number of nitrogens with zero attached hydrogens (tertiary/aromatic N) is 1. The quantitative estimate of drug-likeness (QED) is 0.770. The molecule has 1 aromatic heterocycles. The molecule has 0 bridgehead atoms. The van der Waals surface area contributed by atoms with Gasteiger partial charge in [0.25, 0.3) is 0 Å². The summed E-state index contributed by atoms with van der Waals surface area (Å²) in [5, 5.41) is 7.56. The molecule has 1 fully saturated rings. The summed E-state index contributed by atoms with van der Waals surface area (Å²) in [6, 6.07) is 0. The normalized spacial score (nSPS) is 26.7. The Labute approximate surface area is 134 Å². The minimum absolute atomic E-state index is 0.125. The molecule has 0 radical (unpaired) electrons. The van der Waals surface area contributed by atoms with Gasteiger partial charge in [0, 0.05) is 5.38 Å². The summed E-state index contributed by atoms with van der Waals surface area (Å²) in [5.41, 5.74) is 1.39. The molecular weight excluding hydrogens is 276 g/mol. The van der Waals surface area contributed by atoms with Crippen molar-refractivity contribution in [2.24, 2.45) is 11.8 Å². The molecule has 1 heterocycles. The van der Waals surface area contributed by atoms with Gasteiger partial charge >= 0.3 is 0 Å². The van der Waals surface area contributed by atoms with Crippen molar-refractivity contribution in [3.63, 3.8) is 0 Å². The largest absolute Gasteiger partial charge is 0.305 e. The molecule has 0 aromatic carbocycles. The minimum Gasteiger partial charge on any atom is -0.305 e. The van der Waals surface area contributed by atoms with Crippen LogP contribution >= 0.6 is 11.3 Å². The standard InChI is InChI=1S/C18H32N2S/c1-6-11-19-18(10-8-7-9-15(18)13(2)3)17-20-16(12-21-17)14(4)5/h12-15,19H,6-11H2,1-5H3. The maximum absolute atomic E-state index is 5.05. The van der Waals surface area contributed by atoms with Crippen molar-refractivity contribution >= 4 is 11.3 Å². The second-order valence-corrected chi connectivity index (χ2v) is 8.08. The van der Waals surface area contributed by atoms with Crippen LogP contribution in [0.25, 0.3) is 0 Å². The van der Waals surface area contributed by atoms with Crippen molar-refractivity contribution in [2.45, 2.75) is 78.2 Å². The van der Waals surface area contributed by atoms with Crippen molar-refractivity contribution < 1.29 is 0 Å². The molecule has 2 atom stereocenters. The average molecular weight is 309 g/mol. The monoisotopic (exact) mass is 308 g/mol. The van der Waals surface area contributed by atoms with Gasteiger partial charge in [0.2, 0.25) is 0 Å². The maximum Gasteiger partial charge on any atom is 0.113 e. The van der Waals surface area contributed by atoms with Crippen LogP contribution in [0, 0.1) is 11.8 Å². The number of rotatable bonds is 6. The molecule has 1 aliphatic rings. The third-order valence-electron chi connectivity index (χ3n) is 4.96. The molecule has 3 heteroatoms. The molecule has 0 saturated heterocycles. The van der Waals surface area contributed by atoms with Crippen molar-refractivity contribution in [3.05, 3.63) is 16.1 Å². The molecule has 21 heavy (non-hydrogen) atoms. The van der Waals surface area contributed by atoms with Crippen LogP contribution in [0.2, 0.25) is 0 Å². The zero-order valence-electron chi connectivity index (χ0n) is 14.4. The lowest BCUT2D eigenvalue weighted by Gasteiger charge is -2.46. The Bertz CT molecular complexity index is 438. The van der Waals surface area contributed by atoms with E-state index in [1.54, 1.807) is 0 Å². The van der Waals surface area contributed by atoms with Crippen LogP contribution in [0.4, 0.5) is 0 Å². The third kappa shape index (κ3) is 3.50. The first kappa shape index (κ1) is 17.0. The van der Waals surface area contributed by atoms with E-state index in [4.69, 9.17) is 4.98 Å². The van der Waals surface area contributed by atoms with E-state index in [9.17, 15) is 0 Å². The van der Waals surface area contributed by atoms with Gasteiger partial charge in [0.1, 0.15) is 5.01 Å². The van der Waals surface area contributed by atoms with E-state index >= 15 is 0 Å². The fraction of sp³-hybridized carbons (Fsp3) is 0.833. The summed E-state index contributed by atoms with van der Waals surface area (Å²) < 4.78 is 0. The second kappa shape index (κ2) is 7.23. The highest BCUT2D eigenvalue weighted by atomic mass is 32.1. The molecule has 1 aliphatic carbocycles. The van der Waals surface area contributed by atoms with Gasteiger partial charge < -0.3 is 5.32 Å². The topological polar surface area (TPSA) is 24.9 Å². The lowest BCUT2D eigenvalue weighted by atomic mass is 9.68. The number of thiazole rings is 1. The van der Waals surface area contributed by atoms with E-state index in [2.05, 4.69) is 45.3 Å². The Hall–Kier alpha value is -0.410. The molecular formula is C18H32N2S.